The van der Waals surface area contributed by atoms with Gasteiger partial charge in [-0.25, -0.2) is 9.37 Å². The van der Waals surface area contributed by atoms with E-state index in [2.05, 4.69) is 44.6 Å². The quantitative estimate of drug-likeness (QED) is 0.145. The second kappa shape index (κ2) is 18.2. The van der Waals surface area contributed by atoms with Crippen molar-refractivity contribution >= 4 is 63.6 Å². The van der Waals surface area contributed by atoms with Crippen LogP contribution in [0.3, 0.4) is 0 Å². The van der Waals surface area contributed by atoms with Crippen molar-refractivity contribution < 1.29 is 33.0 Å². The van der Waals surface area contributed by atoms with Crippen LogP contribution in [-0.4, -0.2) is 112 Å². The van der Waals surface area contributed by atoms with Crippen LogP contribution < -0.4 is 31.1 Å². The summed E-state index contributed by atoms with van der Waals surface area (Å²) in [5.74, 6) is -0.846. The number of imide groups is 1. The van der Waals surface area contributed by atoms with Gasteiger partial charge in [-0.2, -0.15) is 4.98 Å². The van der Waals surface area contributed by atoms with Gasteiger partial charge in [0.25, 0.3) is 17.4 Å². The van der Waals surface area contributed by atoms with E-state index < -0.39 is 11.9 Å². The fourth-order valence-electron chi connectivity index (χ4n) is 10.6. The summed E-state index contributed by atoms with van der Waals surface area (Å²) in [5.41, 5.74) is 2.16. The van der Waals surface area contributed by atoms with Crippen molar-refractivity contribution in [2.24, 2.45) is 5.41 Å². The minimum Gasteiger partial charge on any atom is -0.478 e. The third-order valence-electron chi connectivity index (χ3n) is 14.2. The van der Waals surface area contributed by atoms with Crippen molar-refractivity contribution in [3.05, 3.63) is 80.5 Å². The highest BCUT2D eigenvalue weighted by molar-refractivity contribution is 6.33. The van der Waals surface area contributed by atoms with Crippen LogP contribution in [0.25, 0.3) is 10.9 Å². The van der Waals surface area contributed by atoms with E-state index in [4.69, 9.17) is 26.1 Å². The van der Waals surface area contributed by atoms with Crippen LogP contribution in [0.5, 0.6) is 5.75 Å². The Balaban J connectivity index is 0.767. The molecule has 0 spiro atoms. The molecule has 16 nitrogen and oxygen atoms in total. The maximum absolute atomic E-state index is 16.3. The lowest BCUT2D eigenvalue weighted by atomic mass is 9.69. The molecule has 350 valence electrons. The summed E-state index contributed by atoms with van der Waals surface area (Å²) in [6, 6.07) is 10.2. The molecule has 6 heterocycles. The maximum atomic E-state index is 16.3. The Hall–Kier alpha value is -5.65. The van der Waals surface area contributed by atoms with Crippen LogP contribution in [0, 0.1) is 11.2 Å². The molecule has 9 rings (SSSR count). The third-order valence-corrected chi connectivity index (χ3v) is 14.4. The number of anilines is 3. The van der Waals surface area contributed by atoms with Gasteiger partial charge in [-0.15, -0.1) is 0 Å². The van der Waals surface area contributed by atoms with Crippen molar-refractivity contribution in [1.82, 2.24) is 35.0 Å². The first kappa shape index (κ1) is 45.5. The van der Waals surface area contributed by atoms with Crippen LogP contribution in [-0.2, 0) is 25.7 Å². The van der Waals surface area contributed by atoms with Crippen LogP contribution in [0.4, 0.5) is 21.8 Å². The number of amides is 4. The predicted molar refractivity (Wildman–Crippen MR) is 247 cm³/mol. The molecular weight excluding hydrogens is 869 g/mol. The summed E-state index contributed by atoms with van der Waals surface area (Å²) in [6.45, 7) is 11.1. The number of ether oxygens (including phenoxy) is 2. The smallest absolute Gasteiger partial charge is 0.293 e. The Morgan fingerprint density at radius 3 is 2.50 bits per heavy atom. The Kier molecular flexibility index (Phi) is 12.6. The molecule has 0 bridgehead atoms. The number of likely N-dealkylation sites (tertiary alicyclic amines) is 1. The SMILES string of the molecule is CNC(=O)COc1cc2cc(Nc3nc(N4CCC(OC5CC(N6CC[C@H](c7ccc8c(c7F)CN([C@H]7CCC(=O)NC7=O)C8=O)C(C)(C)C6)C5)CC4)ncc3Cl)ccc2n(C(C)C)c1=O. The molecule has 4 fully saturated rings. The van der Waals surface area contributed by atoms with Gasteiger partial charge < -0.3 is 34.5 Å². The van der Waals surface area contributed by atoms with Gasteiger partial charge in [0.05, 0.1) is 30.5 Å². The lowest BCUT2D eigenvalue weighted by molar-refractivity contribution is -0.137. The number of nitrogens with one attached hydrogen (secondary N) is 3. The Bertz CT molecular complexity index is 2640. The number of rotatable bonds is 12. The fourth-order valence-corrected chi connectivity index (χ4v) is 10.7. The number of hydrogen-bond acceptors (Lipinski definition) is 12. The minimum atomic E-state index is -0.782. The first-order valence-electron chi connectivity index (χ1n) is 23.0. The van der Waals surface area contributed by atoms with Gasteiger partial charge in [0, 0.05) is 67.4 Å². The van der Waals surface area contributed by atoms with Crippen molar-refractivity contribution in [2.75, 3.05) is 50.1 Å². The van der Waals surface area contributed by atoms with Crippen molar-refractivity contribution in [3.8, 4) is 5.75 Å². The standard InChI is InChI=1S/C48H57ClFN9O7/c1-26(2)59-37-9-6-28(18-27(37)19-39(46(59)64)65-24-41(61)51-5)53-43-36(49)22-52-47(55-43)56-15-12-30(13-16-56)66-31-20-29(21-31)57-17-14-35(48(3,4)25-57)33-8-7-32-34(42(33)50)23-58(45(32)63)38-10-11-40(60)54-44(38)62/h6-9,18-19,22,26,29-31,35,38H,10-17,20-21,23-25H2,1-5H3,(H,51,61)(H,52,53,55)(H,54,60,62)/t29?,31?,35-,38+/m1/s1. The third kappa shape index (κ3) is 8.84. The average molecular weight is 926 g/mol. The zero-order valence-electron chi connectivity index (χ0n) is 38.0. The van der Waals surface area contributed by atoms with Crippen molar-refractivity contribution in [3.63, 3.8) is 0 Å². The van der Waals surface area contributed by atoms with Crippen LogP contribution in [0.15, 0.2) is 47.4 Å². The van der Waals surface area contributed by atoms with Crippen molar-refractivity contribution in [2.45, 2.75) is 115 Å². The lowest BCUT2D eigenvalue weighted by Gasteiger charge is -2.51. The van der Waals surface area contributed by atoms with Crippen LogP contribution >= 0.6 is 11.6 Å². The molecule has 4 amide bonds. The van der Waals surface area contributed by atoms with E-state index in [1.807, 2.05) is 32.0 Å². The average Bonchev–Trinajstić information content (AvgIpc) is 3.60. The summed E-state index contributed by atoms with van der Waals surface area (Å²) in [7, 11) is 1.51. The monoisotopic (exact) mass is 925 g/mol. The molecule has 3 saturated heterocycles. The Labute approximate surface area is 387 Å². The summed E-state index contributed by atoms with van der Waals surface area (Å²) < 4.78 is 30.2. The molecule has 2 aromatic heterocycles. The molecule has 0 unspecified atom stereocenters. The van der Waals surface area contributed by atoms with Crippen LogP contribution in [0.1, 0.15) is 106 Å². The van der Waals surface area contributed by atoms with Gasteiger partial charge in [0.2, 0.25) is 17.8 Å². The maximum Gasteiger partial charge on any atom is 0.293 e. The number of piperidine rings is 3. The number of likely N-dealkylation sites (N-methyl/N-ethyl adjacent to an activating group) is 1. The highest BCUT2D eigenvalue weighted by atomic mass is 35.5. The normalized spacial score (nSPS) is 23.5. The van der Waals surface area contributed by atoms with E-state index in [9.17, 15) is 24.0 Å². The molecule has 0 radical (unpaired) electrons. The molecule has 2 aromatic carbocycles. The number of carbonyl (C=O) groups is 4. The van der Waals surface area contributed by atoms with Gasteiger partial charge in [0.1, 0.15) is 16.9 Å². The molecule has 66 heavy (non-hydrogen) atoms. The van der Waals surface area contributed by atoms with Crippen molar-refractivity contribution in [1.29, 1.82) is 0 Å². The van der Waals surface area contributed by atoms with Gasteiger partial charge in [-0.3, -0.25) is 34.2 Å². The number of pyridine rings is 1. The number of benzene rings is 2. The Morgan fingerprint density at radius 1 is 1.02 bits per heavy atom. The van der Waals surface area contributed by atoms with E-state index in [1.165, 1.54) is 11.9 Å². The first-order valence-corrected chi connectivity index (χ1v) is 23.4. The molecule has 1 saturated carbocycles. The molecule has 4 aromatic rings. The van der Waals surface area contributed by atoms with Gasteiger partial charge in [-0.1, -0.05) is 31.5 Å². The molecule has 4 aliphatic heterocycles. The van der Waals surface area contributed by atoms with Gasteiger partial charge in [-0.05, 0) is 106 Å². The van der Waals surface area contributed by atoms with E-state index in [1.54, 1.807) is 29.0 Å². The summed E-state index contributed by atoms with van der Waals surface area (Å²) in [4.78, 5) is 78.1. The largest absolute Gasteiger partial charge is 0.478 e. The van der Waals surface area contributed by atoms with Crippen LogP contribution in [0.2, 0.25) is 5.02 Å². The summed E-state index contributed by atoms with van der Waals surface area (Å²) >= 11 is 6.61. The topological polar surface area (TPSA) is 180 Å². The number of hydrogen-bond donors (Lipinski definition) is 3. The lowest BCUT2D eigenvalue weighted by Crippen LogP contribution is -2.55. The predicted octanol–water partition coefficient (Wildman–Crippen LogP) is 5.83. The molecule has 3 N–H and O–H groups in total. The number of halogens is 2. The zero-order chi connectivity index (χ0) is 46.6. The first-order chi connectivity index (χ1) is 31.6. The highest BCUT2D eigenvalue weighted by Crippen LogP contribution is 2.47. The van der Waals surface area contributed by atoms with E-state index in [0.29, 0.717) is 45.2 Å². The summed E-state index contributed by atoms with van der Waals surface area (Å²) in [6.07, 6.45) is 6.68. The second-order valence-corrected chi connectivity index (χ2v) is 19.7. The minimum absolute atomic E-state index is 0.0245. The highest BCUT2D eigenvalue weighted by Gasteiger charge is 2.46. The number of nitrogens with zero attached hydrogens (tertiary/aromatic N) is 6. The van der Waals surface area contributed by atoms with E-state index in [0.717, 1.165) is 69.2 Å². The molecular formula is C48H57ClFN9O7. The van der Waals surface area contributed by atoms with Gasteiger partial charge in [0.15, 0.2) is 18.2 Å². The van der Waals surface area contributed by atoms with E-state index >= 15 is 4.39 Å². The van der Waals surface area contributed by atoms with E-state index in [-0.39, 0.29) is 90.4 Å². The zero-order valence-corrected chi connectivity index (χ0v) is 38.8. The number of carbonyl (C=O) groups excluding carboxylic acids is 4. The molecule has 1 aliphatic carbocycles. The molecule has 5 aliphatic rings. The van der Waals surface area contributed by atoms with Gasteiger partial charge >= 0.3 is 0 Å². The number of fused-ring (bicyclic) bond motifs is 2. The fraction of sp³-hybridized carbons (Fsp3) is 0.521. The molecule has 2 atom stereocenters. The summed E-state index contributed by atoms with van der Waals surface area (Å²) in [5, 5.41) is 9.25. The number of aromatic nitrogens is 3. The molecule has 18 heteroatoms. The Morgan fingerprint density at radius 2 is 1.79 bits per heavy atom. The second-order valence-electron chi connectivity index (χ2n) is 19.3.